The first kappa shape index (κ1) is 12.7. The fraction of sp³-hybridized carbons (Fsp3) is 0.571. The van der Waals surface area contributed by atoms with Gasteiger partial charge in [-0.2, -0.15) is 0 Å². The molecule has 0 amide bonds. The Hall–Kier alpha value is -0.730. The molecule has 94 valence electrons. The largest absolute Gasteiger partial charge is 0.508 e. The minimum atomic E-state index is -0.0874. The van der Waals surface area contributed by atoms with Gasteiger partial charge in [0, 0.05) is 16.6 Å². The lowest BCUT2D eigenvalue weighted by atomic mass is 9.88. The maximum absolute atomic E-state index is 10.1. The molecule has 3 heteroatoms. The van der Waals surface area contributed by atoms with E-state index in [0.29, 0.717) is 11.7 Å². The average molecular weight is 254 g/mol. The highest BCUT2D eigenvalue weighted by Gasteiger charge is 2.27. The van der Waals surface area contributed by atoms with Crippen molar-refractivity contribution in [2.75, 3.05) is 0 Å². The highest BCUT2D eigenvalue weighted by molar-refractivity contribution is 6.32. The molecule has 0 bridgehead atoms. The molecule has 17 heavy (non-hydrogen) atoms. The summed E-state index contributed by atoms with van der Waals surface area (Å²) in [6.45, 7) is 3.85. The number of hydrogen-bond acceptors (Lipinski definition) is 2. The van der Waals surface area contributed by atoms with Crippen LogP contribution in [0.2, 0.25) is 5.02 Å². The third-order valence-corrected chi connectivity index (χ3v) is 4.53. The second-order valence-corrected chi connectivity index (χ2v) is 5.51. The van der Waals surface area contributed by atoms with Gasteiger partial charge in [-0.05, 0) is 49.8 Å². The fourth-order valence-electron chi connectivity index (χ4n) is 2.93. The Balaban J connectivity index is 2.40. The van der Waals surface area contributed by atoms with Gasteiger partial charge in [0.1, 0.15) is 5.75 Å². The molecule has 0 radical (unpaired) electrons. The maximum atomic E-state index is 10.1. The first-order chi connectivity index (χ1) is 8.02. The predicted octanol–water partition coefficient (Wildman–Crippen LogP) is 3.85. The minimum absolute atomic E-state index is 0.0874. The number of hydrogen-bond donors (Lipinski definition) is 2. The highest BCUT2D eigenvalue weighted by Crippen LogP contribution is 2.41. The number of benzene rings is 1. The summed E-state index contributed by atoms with van der Waals surface area (Å²) in [5.74, 6) is 0.780. The Labute approximate surface area is 108 Å². The van der Waals surface area contributed by atoms with Gasteiger partial charge in [-0.25, -0.2) is 0 Å². The van der Waals surface area contributed by atoms with E-state index in [1.54, 1.807) is 6.07 Å². The van der Waals surface area contributed by atoms with Crippen LogP contribution in [-0.4, -0.2) is 5.11 Å². The van der Waals surface area contributed by atoms with Crippen molar-refractivity contribution in [3.05, 3.63) is 27.8 Å². The number of aromatic hydroxyl groups is 1. The van der Waals surface area contributed by atoms with Crippen LogP contribution in [0, 0.1) is 19.8 Å². The summed E-state index contributed by atoms with van der Waals surface area (Å²) in [6, 6.07) is 1.63. The molecule has 1 aliphatic rings. The zero-order chi connectivity index (χ0) is 12.6. The molecular formula is C14H20ClNO. The van der Waals surface area contributed by atoms with Gasteiger partial charge in [-0.3, -0.25) is 0 Å². The Bertz CT molecular complexity index is 425. The van der Waals surface area contributed by atoms with Crippen molar-refractivity contribution in [3.8, 4) is 5.75 Å². The Kier molecular flexibility index (Phi) is 3.64. The van der Waals surface area contributed by atoms with Gasteiger partial charge in [0.15, 0.2) is 0 Å². The lowest BCUT2D eigenvalue weighted by Gasteiger charge is -2.23. The van der Waals surface area contributed by atoms with E-state index in [-0.39, 0.29) is 6.04 Å². The van der Waals surface area contributed by atoms with Crippen molar-refractivity contribution in [3.63, 3.8) is 0 Å². The molecule has 1 atom stereocenters. The molecule has 3 N–H and O–H groups in total. The van der Waals surface area contributed by atoms with Crippen LogP contribution in [0.15, 0.2) is 6.07 Å². The van der Waals surface area contributed by atoms with E-state index in [0.717, 1.165) is 34.6 Å². The van der Waals surface area contributed by atoms with E-state index >= 15 is 0 Å². The summed E-state index contributed by atoms with van der Waals surface area (Å²) in [5, 5.41) is 10.8. The van der Waals surface area contributed by atoms with Crippen molar-refractivity contribution < 1.29 is 5.11 Å². The second kappa shape index (κ2) is 4.87. The molecule has 1 saturated carbocycles. The Morgan fingerprint density at radius 3 is 2.53 bits per heavy atom. The molecule has 1 aromatic rings. The van der Waals surface area contributed by atoms with Gasteiger partial charge in [0.05, 0.1) is 0 Å². The number of rotatable bonds is 2. The van der Waals surface area contributed by atoms with Gasteiger partial charge in [-0.15, -0.1) is 0 Å². The Morgan fingerprint density at radius 1 is 1.35 bits per heavy atom. The highest BCUT2D eigenvalue weighted by atomic mass is 35.5. The van der Waals surface area contributed by atoms with Crippen LogP contribution >= 0.6 is 11.6 Å². The molecule has 0 aliphatic heterocycles. The molecule has 1 aromatic carbocycles. The maximum Gasteiger partial charge on any atom is 0.120 e. The molecule has 0 unspecified atom stereocenters. The van der Waals surface area contributed by atoms with E-state index in [2.05, 4.69) is 0 Å². The summed E-state index contributed by atoms with van der Waals surface area (Å²) < 4.78 is 0. The first-order valence-electron chi connectivity index (χ1n) is 6.26. The van der Waals surface area contributed by atoms with Crippen molar-refractivity contribution in [1.29, 1.82) is 0 Å². The van der Waals surface area contributed by atoms with Crippen LogP contribution in [0.5, 0.6) is 5.75 Å². The second-order valence-electron chi connectivity index (χ2n) is 5.14. The van der Waals surface area contributed by atoms with Crippen LogP contribution in [0.25, 0.3) is 0 Å². The molecule has 2 rings (SSSR count). The van der Waals surface area contributed by atoms with Gasteiger partial charge >= 0.3 is 0 Å². The van der Waals surface area contributed by atoms with E-state index in [1.807, 2.05) is 13.8 Å². The summed E-state index contributed by atoms with van der Waals surface area (Å²) >= 11 is 6.24. The van der Waals surface area contributed by atoms with Crippen LogP contribution in [0.1, 0.15) is 48.4 Å². The van der Waals surface area contributed by atoms with E-state index in [9.17, 15) is 5.11 Å². The zero-order valence-electron chi connectivity index (χ0n) is 10.5. The summed E-state index contributed by atoms with van der Waals surface area (Å²) in [5.41, 5.74) is 8.98. The van der Waals surface area contributed by atoms with Crippen LogP contribution in [-0.2, 0) is 0 Å². The van der Waals surface area contributed by atoms with Crippen LogP contribution in [0.4, 0.5) is 0 Å². The van der Waals surface area contributed by atoms with Gasteiger partial charge in [0.2, 0.25) is 0 Å². The predicted molar refractivity (Wildman–Crippen MR) is 71.5 cm³/mol. The van der Waals surface area contributed by atoms with Crippen molar-refractivity contribution in [1.82, 2.24) is 0 Å². The summed E-state index contributed by atoms with van der Waals surface area (Å²) in [7, 11) is 0. The monoisotopic (exact) mass is 253 g/mol. The molecule has 0 spiro atoms. The fourth-order valence-corrected chi connectivity index (χ4v) is 3.08. The molecular weight excluding hydrogens is 234 g/mol. The van der Waals surface area contributed by atoms with Crippen LogP contribution < -0.4 is 5.73 Å². The number of phenols is 1. The standard InChI is InChI=1S/C14H20ClNO/c1-8-7-11(17)12(9(2)13(8)15)14(16)10-5-3-4-6-10/h7,10,14,17H,3-6,16H2,1-2H3/t14-/m0/s1. The van der Waals surface area contributed by atoms with E-state index in [1.165, 1.54) is 12.8 Å². The number of aryl methyl sites for hydroxylation is 1. The molecule has 0 saturated heterocycles. The first-order valence-corrected chi connectivity index (χ1v) is 6.64. The van der Waals surface area contributed by atoms with Crippen molar-refractivity contribution in [2.45, 2.75) is 45.6 Å². The van der Waals surface area contributed by atoms with Crippen LogP contribution in [0.3, 0.4) is 0 Å². The summed E-state index contributed by atoms with van der Waals surface area (Å²) in [4.78, 5) is 0. The topological polar surface area (TPSA) is 46.2 Å². The minimum Gasteiger partial charge on any atom is -0.508 e. The molecule has 0 heterocycles. The van der Waals surface area contributed by atoms with E-state index in [4.69, 9.17) is 17.3 Å². The van der Waals surface area contributed by atoms with Gasteiger partial charge in [-0.1, -0.05) is 24.4 Å². The SMILES string of the molecule is Cc1cc(O)c([C@@H](N)C2CCCC2)c(C)c1Cl. The normalized spacial score (nSPS) is 18.6. The molecule has 1 fully saturated rings. The number of halogens is 1. The number of phenolic OH excluding ortho intramolecular Hbond substituents is 1. The number of nitrogens with two attached hydrogens (primary N) is 1. The Morgan fingerprint density at radius 2 is 1.94 bits per heavy atom. The average Bonchev–Trinajstić information content (AvgIpc) is 2.79. The quantitative estimate of drug-likeness (QED) is 0.841. The van der Waals surface area contributed by atoms with E-state index < -0.39 is 0 Å². The van der Waals surface area contributed by atoms with Crippen molar-refractivity contribution in [2.24, 2.45) is 11.7 Å². The van der Waals surface area contributed by atoms with Gasteiger partial charge in [0.25, 0.3) is 0 Å². The smallest absolute Gasteiger partial charge is 0.120 e. The molecule has 0 aromatic heterocycles. The third kappa shape index (κ3) is 2.29. The third-order valence-electron chi connectivity index (χ3n) is 3.95. The van der Waals surface area contributed by atoms with Gasteiger partial charge < -0.3 is 10.8 Å². The van der Waals surface area contributed by atoms with Crippen molar-refractivity contribution >= 4 is 11.6 Å². The molecule has 1 aliphatic carbocycles. The lowest BCUT2D eigenvalue weighted by Crippen LogP contribution is -2.20. The summed E-state index contributed by atoms with van der Waals surface area (Å²) in [6.07, 6.45) is 4.81. The molecule has 2 nitrogen and oxygen atoms in total. The zero-order valence-corrected chi connectivity index (χ0v) is 11.2. The lowest BCUT2D eigenvalue weighted by molar-refractivity contribution is 0.410.